The SMILES string of the molecule is Cl.N=c1c(C(N)=O)cc(Cl)cn1Cc1cc(F)ccc1S(=O)(=O)N1CCOCC1. The first-order valence-corrected chi connectivity index (χ1v) is 10.1. The van der Waals surface area contributed by atoms with Gasteiger partial charge in [-0.2, -0.15) is 4.31 Å². The van der Waals surface area contributed by atoms with Crippen LogP contribution >= 0.6 is 24.0 Å². The van der Waals surface area contributed by atoms with Crippen molar-refractivity contribution in [2.75, 3.05) is 26.3 Å². The minimum absolute atomic E-state index is 0. The largest absolute Gasteiger partial charge is 0.379 e. The zero-order chi connectivity index (χ0) is 20.5. The second-order valence-electron chi connectivity index (χ2n) is 6.18. The van der Waals surface area contributed by atoms with Gasteiger partial charge in [0.05, 0.1) is 35.2 Å². The van der Waals surface area contributed by atoms with Crippen LogP contribution in [0.5, 0.6) is 0 Å². The Balaban J connectivity index is 0.00000300. The Hall–Kier alpha value is -1.98. The van der Waals surface area contributed by atoms with E-state index in [-0.39, 0.29) is 71.8 Å². The Bertz CT molecular complexity index is 1090. The van der Waals surface area contributed by atoms with E-state index >= 15 is 0 Å². The Morgan fingerprint density at radius 1 is 1.28 bits per heavy atom. The highest BCUT2D eigenvalue weighted by Gasteiger charge is 2.29. The van der Waals surface area contributed by atoms with Crippen molar-refractivity contribution < 1.29 is 22.3 Å². The van der Waals surface area contributed by atoms with Crippen LogP contribution in [-0.4, -0.2) is 49.5 Å². The smallest absolute Gasteiger partial charge is 0.252 e. The zero-order valence-corrected chi connectivity index (χ0v) is 17.5. The van der Waals surface area contributed by atoms with Gasteiger partial charge in [0.15, 0.2) is 0 Å². The fraction of sp³-hybridized carbons (Fsp3) is 0.294. The fourth-order valence-corrected chi connectivity index (χ4v) is 4.79. The molecule has 2 aromatic rings. The number of rotatable bonds is 5. The number of nitrogens with one attached hydrogen (secondary N) is 1. The molecule has 0 aliphatic carbocycles. The predicted octanol–water partition coefficient (Wildman–Crippen LogP) is 1.35. The van der Waals surface area contributed by atoms with Crippen molar-refractivity contribution in [1.29, 1.82) is 5.41 Å². The molecule has 29 heavy (non-hydrogen) atoms. The quantitative estimate of drug-likeness (QED) is 0.693. The highest BCUT2D eigenvalue weighted by atomic mass is 35.5. The summed E-state index contributed by atoms with van der Waals surface area (Å²) in [4.78, 5) is 11.4. The van der Waals surface area contributed by atoms with E-state index in [1.54, 1.807) is 0 Å². The summed E-state index contributed by atoms with van der Waals surface area (Å²) in [7, 11) is -3.89. The van der Waals surface area contributed by atoms with Crippen molar-refractivity contribution in [3.63, 3.8) is 0 Å². The van der Waals surface area contributed by atoms with E-state index in [4.69, 9.17) is 27.5 Å². The number of benzene rings is 1. The summed E-state index contributed by atoms with van der Waals surface area (Å²) in [6.45, 7) is 0.754. The topological polar surface area (TPSA) is 118 Å². The number of halogens is 3. The summed E-state index contributed by atoms with van der Waals surface area (Å²) >= 11 is 5.99. The Morgan fingerprint density at radius 2 is 1.93 bits per heavy atom. The van der Waals surface area contributed by atoms with Gasteiger partial charge in [0.25, 0.3) is 5.91 Å². The third-order valence-electron chi connectivity index (χ3n) is 4.32. The lowest BCUT2D eigenvalue weighted by atomic mass is 10.2. The number of carbonyl (C=O) groups excluding carboxylic acids is 1. The highest BCUT2D eigenvalue weighted by molar-refractivity contribution is 7.89. The number of amides is 1. The molecule has 1 aromatic carbocycles. The van der Waals surface area contributed by atoms with Crippen molar-refractivity contribution >= 4 is 39.9 Å². The Morgan fingerprint density at radius 3 is 2.55 bits per heavy atom. The summed E-state index contributed by atoms with van der Waals surface area (Å²) in [5.74, 6) is -1.47. The van der Waals surface area contributed by atoms with Crippen LogP contribution in [0.3, 0.4) is 0 Å². The lowest BCUT2D eigenvalue weighted by Crippen LogP contribution is -2.41. The van der Waals surface area contributed by atoms with Crippen molar-refractivity contribution in [2.24, 2.45) is 5.73 Å². The molecule has 158 valence electrons. The van der Waals surface area contributed by atoms with Crippen LogP contribution in [0.25, 0.3) is 0 Å². The van der Waals surface area contributed by atoms with Crippen molar-refractivity contribution in [1.82, 2.24) is 8.87 Å². The van der Waals surface area contributed by atoms with E-state index in [0.717, 1.165) is 12.1 Å². The van der Waals surface area contributed by atoms with Gasteiger partial charge in [-0.3, -0.25) is 10.2 Å². The molecular weight excluding hydrogens is 446 g/mol. The van der Waals surface area contributed by atoms with Gasteiger partial charge in [0, 0.05) is 19.3 Å². The molecule has 1 aliphatic rings. The third-order valence-corrected chi connectivity index (χ3v) is 6.53. The normalized spacial score (nSPS) is 15.0. The van der Waals surface area contributed by atoms with Crippen molar-refractivity contribution in [3.05, 3.63) is 57.9 Å². The summed E-state index contributed by atoms with van der Waals surface area (Å²) in [5, 5.41) is 8.27. The molecule has 0 saturated carbocycles. The summed E-state index contributed by atoms with van der Waals surface area (Å²) in [6.07, 6.45) is 1.35. The van der Waals surface area contributed by atoms with Crippen LogP contribution in [-0.2, 0) is 21.3 Å². The number of morpholine rings is 1. The molecule has 1 amide bonds. The van der Waals surface area contributed by atoms with Gasteiger partial charge in [-0.25, -0.2) is 12.8 Å². The van der Waals surface area contributed by atoms with Gasteiger partial charge in [-0.15, -0.1) is 12.4 Å². The lowest BCUT2D eigenvalue weighted by molar-refractivity contribution is 0.0730. The number of primary amides is 1. The van der Waals surface area contributed by atoms with E-state index < -0.39 is 21.7 Å². The van der Waals surface area contributed by atoms with E-state index in [1.807, 2.05) is 0 Å². The predicted molar refractivity (Wildman–Crippen MR) is 106 cm³/mol. The molecule has 1 aromatic heterocycles. The van der Waals surface area contributed by atoms with Crippen LogP contribution < -0.4 is 11.2 Å². The second-order valence-corrected chi connectivity index (χ2v) is 8.52. The van der Waals surface area contributed by atoms with Crippen LogP contribution in [0.15, 0.2) is 35.4 Å². The van der Waals surface area contributed by atoms with Gasteiger partial charge in [0.2, 0.25) is 10.0 Å². The van der Waals surface area contributed by atoms with Crippen molar-refractivity contribution in [2.45, 2.75) is 11.4 Å². The van der Waals surface area contributed by atoms with Crippen molar-refractivity contribution in [3.8, 4) is 0 Å². The molecule has 0 bridgehead atoms. The lowest BCUT2D eigenvalue weighted by Gasteiger charge is -2.27. The maximum atomic E-state index is 13.9. The maximum absolute atomic E-state index is 13.9. The van der Waals surface area contributed by atoms with Crippen LogP contribution in [0.1, 0.15) is 15.9 Å². The first kappa shape index (κ1) is 23.3. The third kappa shape index (κ3) is 4.96. The van der Waals surface area contributed by atoms with Gasteiger partial charge in [-0.05, 0) is 29.8 Å². The average Bonchev–Trinajstić information content (AvgIpc) is 2.65. The Kier molecular flexibility index (Phi) is 7.41. The zero-order valence-electron chi connectivity index (χ0n) is 15.1. The molecule has 2 heterocycles. The molecule has 0 atom stereocenters. The first-order chi connectivity index (χ1) is 13.2. The van der Waals surface area contributed by atoms with Gasteiger partial charge < -0.3 is 15.0 Å². The number of nitrogens with zero attached hydrogens (tertiary/aromatic N) is 2. The monoisotopic (exact) mass is 464 g/mol. The number of carbonyl (C=O) groups is 1. The molecule has 0 radical (unpaired) electrons. The molecule has 8 nitrogen and oxygen atoms in total. The Labute approximate surface area is 178 Å². The molecular formula is C17H19Cl2FN4O4S. The number of pyridine rings is 1. The summed E-state index contributed by atoms with van der Waals surface area (Å²) < 4.78 is 47.6. The number of aromatic nitrogens is 1. The van der Waals surface area contributed by atoms with Gasteiger partial charge in [-0.1, -0.05) is 11.6 Å². The van der Waals surface area contributed by atoms with Crippen LogP contribution in [0.2, 0.25) is 5.02 Å². The number of sulfonamides is 1. The molecule has 3 N–H and O–H groups in total. The second kappa shape index (κ2) is 9.23. The fourth-order valence-electron chi connectivity index (χ4n) is 2.96. The van der Waals surface area contributed by atoms with E-state index in [0.29, 0.717) is 0 Å². The molecule has 0 spiro atoms. The van der Waals surface area contributed by atoms with Crippen LogP contribution in [0.4, 0.5) is 4.39 Å². The van der Waals surface area contributed by atoms with E-state index in [2.05, 4.69) is 0 Å². The average molecular weight is 465 g/mol. The molecule has 1 fully saturated rings. The number of hydrogen-bond donors (Lipinski definition) is 2. The van der Waals surface area contributed by atoms with Gasteiger partial charge >= 0.3 is 0 Å². The number of nitrogens with two attached hydrogens (primary N) is 1. The molecule has 12 heteroatoms. The summed E-state index contributed by atoms with van der Waals surface area (Å²) in [6, 6.07) is 4.60. The first-order valence-electron chi connectivity index (χ1n) is 8.31. The standard InChI is InChI=1S/C17H18ClFN4O4S.ClH/c18-12-8-14(17(21)24)16(20)22(10-12)9-11-7-13(19)1-2-15(11)28(25,26)23-3-5-27-6-4-23;/h1-2,7-8,10,20H,3-6,9H2,(H2,21,24);1H. The summed E-state index contributed by atoms with van der Waals surface area (Å²) in [5.41, 5.74) is 5.01. The highest BCUT2D eigenvalue weighted by Crippen LogP contribution is 2.23. The van der Waals surface area contributed by atoms with Crippen LogP contribution in [0, 0.1) is 11.2 Å². The van der Waals surface area contributed by atoms with E-state index in [9.17, 15) is 17.6 Å². The molecule has 1 saturated heterocycles. The van der Waals surface area contributed by atoms with E-state index in [1.165, 1.54) is 27.2 Å². The number of ether oxygens (including phenoxy) is 1. The number of hydrogen-bond acceptors (Lipinski definition) is 5. The minimum atomic E-state index is -3.89. The molecule has 0 unspecified atom stereocenters. The van der Waals surface area contributed by atoms with Gasteiger partial charge in [0.1, 0.15) is 11.3 Å². The maximum Gasteiger partial charge on any atom is 0.252 e. The minimum Gasteiger partial charge on any atom is -0.379 e. The molecule has 1 aliphatic heterocycles. The molecule has 3 rings (SSSR count).